The minimum Gasteiger partial charge on any atom is -0.388 e. The van der Waals surface area contributed by atoms with Gasteiger partial charge in [-0.3, -0.25) is 14.6 Å². The van der Waals surface area contributed by atoms with Gasteiger partial charge in [-0.1, -0.05) is 0 Å². The van der Waals surface area contributed by atoms with E-state index in [0.717, 1.165) is 37.2 Å². The molecule has 0 aliphatic carbocycles. The largest absolute Gasteiger partial charge is 0.388 e. The van der Waals surface area contributed by atoms with Crippen LogP contribution in [0, 0.1) is 0 Å². The van der Waals surface area contributed by atoms with Crippen molar-refractivity contribution < 1.29 is 9.59 Å². The van der Waals surface area contributed by atoms with Gasteiger partial charge in [0.25, 0.3) is 0 Å². The second-order valence-corrected chi connectivity index (χ2v) is 5.58. The number of carbonyl (C=O) groups excluding carboxylic acids is 2. The van der Waals surface area contributed by atoms with Gasteiger partial charge in [-0.2, -0.15) is 0 Å². The Kier molecular flexibility index (Phi) is 3.77. The maximum atomic E-state index is 12.6. The van der Waals surface area contributed by atoms with Gasteiger partial charge in [0.15, 0.2) is 0 Å². The fourth-order valence-corrected chi connectivity index (χ4v) is 3.08. The molecule has 0 aromatic carbocycles. The highest BCUT2D eigenvalue weighted by Gasteiger charge is 2.40. The molecule has 2 aliphatic rings. The molecule has 1 atom stereocenters. The first-order valence-corrected chi connectivity index (χ1v) is 7.40. The van der Waals surface area contributed by atoms with Crippen molar-refractivity contribution in [1.29, 1.82) is 0 Å². The molecule has 6 nitrogen and oxygen atoms in total. The summed E-state index contributed by atoms with van der Waals surface area (Å²) in [5.74, 6) is 0.120. The van der Waals surface area contributed by atoms with Crippen LogP contribution in [0.2, 0.25) is 0 Å². The van der Waals surface area contributed by atoms with Gasteiger partial charge in [0.2, 0.25) is 11.8 Å². The van der Waals surface area contributed by atoms with E-state index >= 15 is 0 Å². The third-order valence-corrected chi connectivity index (χ3v) is 4.20. The molecule has 2 fully saturated rings. The van der Waals surface area contributed by atoms with Crippen molar-refractivity contribution in [2.24, 2.45) is 0 Å². The van der Waals surface area contributed by atoms with Crippen molar-refractivity contribution in [1.82, 2.24) is 14.8 Å². The second-order valence-electron chi connectivity index (χ2n) is 5.58. The maximum Gasteiger partial charge on any atom is 0.246 e. The highest BCUT2D eigenvalue weighted by Crippen LogP contribution is 2.24. The van der Waals surface area contributed by atoms with E-state index in [4.69, 9.17) is 0 Å². The number of carbonyl (C=O) groups is 2. The Hall–Kier alpha value is -2.11. The number of hydrogen-bond donors (Lipinski definition) is 1. The van der Waals surface area contributed by atoms with Crippen LogP contribution in [-0.4, -0.2) is 52.8 Å². The number of rotatable bonds is 3. The molecule has 0 bridgehead atoms. The molecule has 2 saturated heterocycles. The number of aromatic nitrogens is 1. The number of nitrogens with zero attached hydrogens (tertiary/aromatic N) is 3. The first-order chi connectivity index (χ1) is 10.2. The zero-order valence-electron chi connectivity index (χ0n) is 12.2. The Bertz CT molecular complexity index is 560. The van der Waals surface area contributed by atoms with Crippen molar-refractivity contribution in [2.45, 2.75) is 31.8 Å². The topological polar surface area (TPSA) is 65.5 Å². The fraction of sp³-hybridized carbons (Fsp3) is 0.533. The van der Waals surface area contributed by atoms with E-state index in [-0.39, 0.29) is 24.4 Å². The van der Waals surface area contributed by atoms with Gasteiger partial charge in [-0.25, -0.2) is 0 Å². The smallest absolute Gasteiger partial charge is 0.246 e. The predicted octanol–water partition coefficient (Wildman–Crippen LogP) is 0.847. The van der Waals surface area contributed by atoms with Crippen molar-refractivity contribution in [2.75, 3.05) is 25.5 Å². The Morgan fingerprint density at radius 1 is 1.38 bits per heavy atom. The summed E-state index contributed by atoms with van der Waals surface area (Å²) >= 11 is 0. The summed E-state index contributed by atoms with van der Waals surface area (Å²) in [7, 11) is 1.84. The second kappa shape index (κ2) is 5.71. The van der Waals surface area contributed by atoms with Gasteiger partial charge in [0, 0.05) is 25.5 Å². The average molecular weight is 288 g/mol. The van der Waals surface area contributed by atoms with Crippen molar-refractivity contribution in [3.8, 4) is 0 Å². The number of nitrogens with one attached hydrogen (secondary N) is 1. The lowest BCUT2D eigenvalue weighted by Crippen LogP contribution is -2.60. The molecule has 2 aliphatic heterocycles. The molecular weight excluding hydrogens is 268 g/mol. The van der Waals surface area contributed by atoms with Gasteiger partial charge in [0.05, 0.1) is 12.2 Å². The lowest BCUT2D eigenvalue weighted by molar-refractivity contribution is -0.158. The number of pyridine rings is 1. The molecule has 2 amide bonds. The van der Waals surface area contributed by atoms with Crippen LogP contribution >= 0.6 is 0 Å². The van der Waals surface area contributed by atoms with Crippen LogP contribution in [0.4, 0.5) is 5.69 Å². The molecule has 1 aromatic heterocycles. The molecule has 6 heteroatoms. The normalized spacial score (nSPS) is 22.2. The van der Waals surface area contributed by atoms with Crippen LogP contribution < -0.4 is 5.32 Å². The van der Waals surface area contributed by atoms with Crippen LogP contribution in [-0.2, 0) is 16.1 Å². The zero-order chi connectivity index (χ0) is 14.8. The van der Waals surface area contributed by atoms with E-state index < -0.39 is 0 Å². The molecule has 3 heterocycles. The minimum atomic E-state index is -0.257. The Morgan fingerprint density at radius 2 is 2.24 bits per heavy atom. The molecule has 1 aromatic rings. The summed E-state index contributed by atoms with van der Waals surface area (Å²) in [6.07, 6.45) is 4.51. The quantitative estimate of drug-likeness (QED) is 0.895. The van der Waals surface area contributed by atoms with E-state index in [9.17, 15) is 9.59 Å². The molecule has 112 valence electrons. The van der Waals surface area contributed by atoms with Gasteiger partial charge in [0.1, 0.15) is 12.6 Å². The molecule has 0 saturated carbocycles. The number of piperidine rings is 1. The lowest BCUT2D eigenvalue weighted by atomic mass is 9.98. The van der Waals surface area contributed by atoms with E-state index in [1.807, 2.05) is 19.2 Å². The number of piperazine rings is 1. The highest BCUT2D eigenvalue weighted by molar-refractivity contribution is 5.95. The van der Waals surface area contributed by atoms with Crippen molar-refractivity contribution in [3.05, 3.63) is 24.0 Å². The lowest BCUT2D eigenvalue weighted by Gasteiger charge is -2.42. The summed E-state index contributed by atoms with van der Waals surface area (Å²) in [5, 5.41) is 3.05. The minimum absolute atomic E-state index is 0.0593. The molecule has 3 rings (SSSR count). The van der Waals surface area contributed by atoms with Gasteiger partial charge in [-0.15, -0.1) is 0 Å². The van der Waals surface area contributed by atoms with E-state index in [2.05, 4.69) is 10.3 Å². The summed E-state index contributed by atoms with van der Waals surface area (Å²) in [6, 6.07) is 3.52. The zero-order valence-corrected chi connectivity index (χ0v) is 12.2. The third-order valence-electron chi connectivity index (χ3n) is 4.20. The molecular formula is C15H20N4O2. The molecule has 1 N–H and O–H groups in total. The predicted molar refractivity (Wildman–Crippen MR) is 78.6 cm³/mol. The van der Waals surface area contributed by atoms with Crippen LogP contribution in [0.5, 0.6) is 0 Å². The van der Waals surface area contributed by atoms with Crippen molar-refractivity contribution in [3.63, 3.8) is 0 Å². The Labute approximate surface area is 124 Å². The number of anilines is 1. The Morgan fingerprint density at radius 3 is 3.05 bits per heavy atom. The third kappa shape index (κ3) is 2.70. The fourth-order valence-electron chi connectivity index (χ4n) is 3.08. The van der Waals surface area contributed by atoms with Gasteiger partial charge in [-0.05, 0) is 31.4 Å². The maximum absolute atomic E-state index is 12.6. The number of amides is 2. The summed E-state index contributed by atoms with van der Waals surface area (Å²) in [6.45, 7) is 1.28. The van der Waals surface area contributed by atoms with E-state index in [0.29, 0.717) is 6.54 Å². The summed E-state index contributed by atoms with van der Waals surface area (Å²) < 4.78 is 0. The monoisotopic (exact) mass is 288 g/mol. The number of fused-ring (bicyclic) bond motifs is 1. The van der Waals surface area contributed by atoms with Crippen LogP contribution in [0.25, 0.3) is 0 Å². The van der Waals surface area contributed by atoms with Gasteiger partial charge >= 0.3 is 0 Å². The van der Waals surface area contributed by atoms with E-state index in [1.165, 1.54) is 0 Å². The first kappa shape index (κ1) is 13.9. The average Bonchev–Trinajstić information content (AvgIpc) is 2.52. The van der Waals surface area contributed by atoms with Crippen LogP contribution in [0.1, 0.15) is 25.0 Å². The van der Waals surface area contributed by atoms with Crippen LogP contribution in [0.15, 0.2) is 18.3 Å². The standard InChI is InChI=1S/C15H20N4O2/c1-16-11-5-6-17-12(8-11)9-18-10-14(20)19-7-3-2-4-13(19)15(18)21/h5-6,8,13H,2-4,7,9-10H2,1H3,(H,16,17). The SMILES string of the molecule is CNc1ccnc(CN2CC(=O)N3CCCCC3C2=O)c1. The molecule has 21 heavy (non-hydrogen) atoms. The summed E-state index contributed by atoms with van der Waals surface area (Å²) in [5.41, 5.74) is 1.75. The van der Waals surface area contributed by atoms with Gasteiger partial charge < -0.3 is 15.1 Å². The Balaban J connectivity index is 1.76. The molecule has 1 unspecified atom stereocenters. The highest BCUT2D eigenvalue weighted by atomic mass is 16.2. The number of hydrogen-bond acceptors (Lipinski definition) is 4. The van der Waals surface area contributed by atoms with E-state index in [1.54, 1.807) is 16.0 Å². The summed E-state index contributed by atoms with van der Waals surface area (Å²) in [4.78, 5) is 32.4. The van der Waals surface area contributed by atoms with Crippen LogP contribution in [0.3, 0.4) is 0 Å². The molecule has 0 spiro atoms. The molecule has 0 radical (unpaired) electrons. The van der Waals surface area contributed by atoms with Crippen molar-refractivity contribution >= 4 is 17.5 Å². The first-order valence-electron chi connectivity index (χ1n) is 7.40.